The van der Waals surface area contributed by atoms with Gasteiger partial charge in [0.25, 0.3) is 0 Å². The highest BCUT2D eigenvalue weighted by Crippen LogP contribution is 2.09. The molecule has 0 radical (unpaired) electrons. The lowest BCUT2D eigenvalue weighted by atomic mass is 10.2. The molecule has 1 heterocycles. The predicted octanol–water partition coefficient (Wildman–Crippen LogP) is 0.367. The average Bonchev–Trinajstić information content (AvgIpc) is 2.37. The summed E-state index contributed by atoms with van der Waals surface area (Å²) in [5.41, 5.74) is 0.977. The number of carbonyl (C=O) groups is 1. The summed E-state index contributed by atoms with van der Waals surface area (Å²) in [6.07, 6.45) is 1.54. The molecule has 1 aliphatic rings. The van der Waals surface area contributed by atoms with Gasteiger partial charge in [-0.25, -0.2) is 0 Å². The molecule has 0 aromatic heterocycles. The number of aldehydes is 1. The summed E-state index contributed by atoms with van der Waals surface area (Å²) in [6, 6.07) is 0. The Morgan fingerprint density at radius 2 is 2.73 bits per heavy atom. The van der Waals surface area contributed by atoms with Crippen molar-refractivity contribution in [2.24, 2.45) is 5.16 Å². The molecule has 0 saturated heterocycles. The van der Waals surface area contributed by atoms with E-state index < -0.39 is 0 Å². The molecule has 0 saturated carbocycles. The van der Waals surface area contributed by atoms with Gasteiger partial charge in [0.1, 0.15) is 12.9 Å². The number of hydrogen-bond acceptors (Lipinski definition) is 4. The minimum Gasteiger partial charge on any atom is -0.390 e. The summed E-state index contributed by atoms with van der Waals surface area (Å²) in [5, 5.41) is 3.74. The molecule has 1 aliphatic heterocycles. The fourth-order valence-electron chi connectivity index (χ4n) is 0.905. The molecule has 11 heavy (non-hydrogen) atoms. The van der Waals surface area contributed by atoms with Crippen molar-refractivity contribution in [3.8, 4) is 0 Å². The van der Waals surface area contributed by atoms with Crippen molar-refractivity contribution in [3.63, 3.8) is 0 Å². The second-order valence-corrected chi connectivity index (χ2v) is 2.46. The summed E-state index contributed by atoms with van der Waals surface area (Å²) in [7, 11) is 0. The molecule has 0 N–H and O–H groups in total. The molecular formula is C7H11NO3. The molecular weight excluding hydrogens is 146 g/mol. The fourth-order valence-corrected chi connectivity index (χ4v) is 0.905. The van der Waals surface area contributed by atoms with Crippen LogP contribution in [0.1, 0.15) is 13.3 Å². The Kier molecular flexibility index (Phi) is 3.04. The average molecular weight is 157 g/mol. The van der Waals surface area contributed by atoms with E-state index in [1.54, 1.807) is 0 Å². The van der Waals surface area contributed by atoms with Gasteiger partial charge in [0, 0.05) is 6.42 Å². The van der Waals surface area contributed by atoms with Gasteiger partial charge in [-0.15, -0.1) is 0 Å². The van der Waals surface area contributed by atoms with Crippen LogP contribution in [-0.2, 0) is 14.4 Å². The Balaban J connectivity index is 2.06. The molecule has 0 bridgehead atoms. The zero-order chi connectivity index (χ0) is 8.10. The molecule has 4 heteroatoms. The number of rotatable bonds is 4. The van der Waals surface area contributed by atoms with Gasteiger partial charge in [-0.3, -0.25) is 0 Å². The summed E-state index contributed by atoms with van der Waals surface area (Å²) in [5.74, 6) is 0. The van der Waals surface area contributed by atoms with Crippen LogP contribution in [0, 0.1) is 0 Å². The first kappa shape index (κ1) is 8.20. The number of hydrogen-bond donors (Lipinski definition) is 0. The Bertz CT molecular complexity index is 167. The third-order valence-corrected chi connectivity index (χ3v) is 1.37. The number of carbonyl (C=O) groups excluding carboxylic acids is 1. The Morgan fingerprint density at radius 3 is 3.27 bits per heavy atom. The zero-order valence-corrected chi connectivity index (χ0v) is 6.45. The van der Waals surface area contributed by atoms with Crippen molar-refractivity contribution in [2.75, 3.05) is 13.2 Å². The van der Waals surface area contributed by atoms with Gasteiger partial charge in [0.15, 0.2) is 6.10 Å². The Morgan fingerprint density at radius 1 is 1.91 bits per heavy atom. The largest absolute Gasteiger partial charge is 0.390 e. The van der Waals surface area contributed by atoms with Gasteiger partial charge in [-0.1, -0.05) is 5.16 Å². The highest BCUT2D eigenvalue weighted by atomic mass is 16.7. The molecule has 0 aromatic rings. The van der Waals surface area contributed by atoms with Gasteiger partial charge < -0.3 is 14.4 Å². The molecule has 1 atom stereocenters. The van der Waals surface area contributed by atoms with E-state index in [4.69, 9.17) is 9.57 Å². The topological polar surface area (TPSA) is 47.9 Å². The molecule has 62 valence electrons. The van der Waals surface area contributed by atoms with E-state index in [0.29, 0.717) is 6.61 Å². The lowest BCUT2D eigenvalue weighted by molar-refractivity contribution is -0.113. The van der Waals surface area contributed by atoms with E-state index in [9.17, 15) is 4.79 Å². The third kappa shape index (κ3) is 2.67. The van der Waals surface area contributed by atoms with Crippen molar-refractivity contribution >= 4 is 12.0 Å². The van der Waals surface area contributed by atoms with Crippen molar-refractivity contribution in [2.45, 2.75) is 19.4 Å². The maximum atomic E-state index is 9.85. The first-order chi connectivity index (χ1) is 5.33. The molecule has 0 aliphatic carbocycles. The Hall–Kier alpha value is -0.900. The Labute approximate surface area is 65.2 Å². The summed E-state index contributed by atoms with van der Waals surface area (Å²) < 4.78 is 4.95. The molecule has 1 rings (SSSR count). The first-order valence-corrected chi connectivity index (χ1v) is 3.53. The second-order valence-electron chi connectivity index (χ2n) is 2.46. The van der Waals surface area contributed by atoms with Crippen LogP contribution >= 0.6 is 0 Å². The second kappa shape index (κ2) is 4.08. The van der Waals surface area contributed by atoms with Crippen molar-refractivity contribution in [1.29, 1.82) is 0 Å². The lowest BCUT2D eigenvalue weighted by Crippen LogP contribution is -2.16. The van der Waals surface area contributed by atoms with Gasteiger partial charge in [-0.05, 0) is 6.92 Å². The van der Waals surface area contributed by atoms with Crippen LogP contribution in [-0.4, -0.2) is 31.3 Å². The van der Waals surface area contributed by atoms with E-state index in [-0.39, 0.29) is 12.7 Å². The first-order valence-electron chi connectivity index (χ1n) is 3.53. The highest BCUT2D eigenvalue weighted by molar-refractivity contribution is 5.82. The predicted molar refractivity (Wildman–Crippen MR) is 39.5 cm³/mol. The molecule has 0 aromatic carbocycles. The van der Waals surface area contributed by atoms with Crippen LogP contribution in [0.15, 0.2) is 5.16 Å². The van der Waals surface area contributed by atoms with Crippen LogP contribution in [0.4, 0.5) is 0 Å². The third-order valence-electron chi connectivity index (χ3n) is 1.37. The summed E-state index contributed by atoms with van der Waals surface area (Å²) >= 11 is 0. The van der Waals surface area contributed by atoms with E-state index in [1.165, 1.54) is 0 Å². The monoisotopic (exact) mass is 157 g/mol. The maximum Gasteiger partial charge on any atom is 0.156 e. The van der Waals surface area contributed by atoms with E-state index in [1.807, 2.05) is 6.92 Å². The van der Waals surface area contributed by atoms with Gasteiger partial charge >= 0.3 is 0 Å². The van der Waals surface area contributed by atoms with E-state index in [0.717, 1.165) is 18.4 Å². The highest BCUT2D eigenvalue weighted by Gasteiger charge is 2.17. The quantitative estimate of drug-likeness (QED) is 0.437. The SMILES string of the molecule is CC1=NOC(COCC=O)C1. The van der Waals surface area contributed by atoms with Crippen molar-refractivity contribution in [3.05, 3.63) is 0 Å². The minimum atomic E-state index is 0.00921. The zero-order valence-electron chi connectivity index (χ0n) is 6.45. The normalized spacial score (nSPS) is 22.6. The summed E-state index contributed by atoms with van der Waals surface area (Å²) in [4.78, 5) is 14.8. The molecule has 0 fully saturated rings. The van der Waals surface area contributed by atoms with E-state index in [2.05, 4.69) is 5.16 Å². The van der Waals surface area contributed by atoms with Crippen LogP contribution in [0.3, 0.4) is 0 Å². The molecule has 0 amide bonds. The van der Waals surface area contributed by atoms with Crippen LogP contribution in [0.5, 0.6) is 0 Å². The van der Waals surface area contributed by atoms with Gasteiger partial charge in [0.2, 0.25) is 0 Å². The number of nitrogens with zero attached hydrogens (tertiary/aromatic N) is 1. The number of ether oxygens (including phenoxy) is 1. The summed E-state index contributed by atoms with van der Waals surface area (Å²) in [6.45, 7) is 2.48. The fraction of sp³-hybridized carbons (Fsp3) is 0.714. The standard InChI is InChI=1S/C7H11NO3/c1-6-4-7(11-8-6)5-10-3-2-9/h2,7H,3-5H2,1H3. The molecule has 1 unspecified atom stereocenters. The lowest BCUT2D eigenvalue weighted by Gasteiger charge is -2.05. The van der Waals surface area contributed by atoms with Crippen molar-refractivity contribution < 1.29 is 14.4 Å². The molecule has 4 nitrogen and oxygen atoms in total. The minimum absolute atomic E-state index is 0.00921. The molecule has 0 spiro atoms. The van der Waals surface area contributed by atoms with Crippen LogP contribution in [0.25, 0.3) is 0 Å². The van der Waals surface area contributed by atoms with Crippen LogP contribution < -0.4 is 0 Å². The smallest absolute Gasteiger partial charge is 0.156 e. The van der Waals surface area contributed by atoms with Gasteiger partial charge in [-0.2, -0.15) is 0 Å². The van der Waals surface area contributed by atoms with Gasteiger partial charge in [0.05, 0.1) is 12.3 Å². The van der Waals surface area contributed by atoms with Crippen LogP contribution in [0.2, 0.25) is 0 Å². The van der Waals surface area contributed by atoms with Crippen molar-refractivity contribution in [1.82, 2.24) is 0 Å². The van der Waals surface area contributed by atoms with E-state index >= 15 is 0 Å². The number of oxime groups is 1. The maximum absolute atomic E-state index is 9.85.